The third-order valence-electron chi connectivity index (χ3n) is 1.75. The number of hydrogen-bond acceptors (Lipinski definition) is 10. The normalized spacial score (nSPS) is 12.8. The second kappa shape index (κ2) is 7.60. The number of nitrogens with zero attached hydrogens (tertiary/aromatic N) is 4. The van der Waals surface area contributed by atoms with E-state index in [0.717, 1.165) is 17.4 Å². The van der Waals surface area contributed by atoms with Crippen molar-refractivity contribution in [2.24, 2.45) is 0 Å². The van der Waals surface area contributed by atoms with Crippen molar-refractivity contribution < 1.29 is 0 Å². The SMILES string of the molecule is CC(C)(C)Sc1nnc(SSc2nnc(SC(C)(C)C)s2)s1. The first-order valence-electron chi connectivity index (χ1n) is 6.50. The van der Waals surface area contributed by atoms with Crippen molar-refractivity contribution in [3.63, 3.8) is 0 Å². The molecule has 0 saturated heterocycles. The molecule has 22 heavy (non-hydrogen) atoms. The molecule has 2 heterocycles. The lowest BCUT2D eigenvalue weighted by Gasteiger charge is -2.13. The molecule has 0 N–H and O–H groups in total. The van der Waals surface area contributed by atoms with Crippen molar-refractivity contribution in [3.8, 4) is 0 Å². The molecule has 2 aromatic rings. The summed E-state index contributed by atoms with van der Waals surface area (Å²) in [7, 11) is 3.20. The average Bonchev–Trinajstić information content (AvgIpc) is 2.92. The van der Waals surface area contributed by atoms with E-state index in [9.17, 15) is 0 Å². The van der Waals surface area contributed by atoms with Gasteiger partial charge in [-0.1, -0.05) is 87.7 Å². The molecule has 0 spiro atoms. The first-order chi connectivity index (χ1) is 10.1. The Morgan fingerprint density at radius 2 is 0.909 bits per heavy atom. The van der Waals surface area contributed by atoms with Gasteiger partial charge in [0.2, 0.25) is 0 Å². The molecule has 0 aliphatic rings. The summed E-state index contributed by atoms with van der Waals surface area (Å²) < 4.78 is 4.25. The van der Waals surface area contributed by atoms with Crippen molar-refractivity contribution in [2.75, 3.05) is 0 Å². The maximum Gasteiger partial charge on any atom is 0.186 e. The van der Waals surface area contributed by atoms with Gasteiger partial charge in [0, 0.05) is 9.49 Å². The molecule has 0 aromatic carbocycles. The number of thioether (sulfide) groups is 2. The standard InChI is InChI=1S/C12H18N4S6/c1-11(2,3)19-7-13-15-9(17-7)21-22-10-16-14-8(18-10)20-12(4,5)6/h1-6H3. The molecular weight excluding hydrogens is 393 g/mol. The molecule has 0 radical (unpaired) electrons. The fourth-order valence-corrected chi connectivity index (χ4v) is 8.49. The van der Waals surface area contributed by atoms with E-state index in [1.54, 1.807) is 67.8 Å². The highest BCUT2D eigenvalue weighted by Crippen LogP contribution is 2.44. The predicted octanol–water partition coefficient (Wildman–Crippen LogP) is 5.97. The minimum atomic E-state index is 0.160. The van der Waals surface area contributed by atoms with Gasteiger partial charge >= 0.3 is 0 Å². The summed E-state index contributed by atoms with van der Waals surface area (Å²) in [6.45, 7) is 13.1. The summed E-state index contributed by atoms with van der Waals surface area (Å²) in [5.74, 6) is 0. The fraction of sp³-hybridized carbons (Fsp3) is 0.667. The number of rotatable bonds is 5. The summed E-state index contributed by atoms with van der Waals surface area (Å²) in [4.78, 5) is 0. The van der Waals surface area contributed by atoms with Crippen LogP contribution in [-0.2, 0) is 0 Å². The van der Waals surface area contributed by atoms with E-state index in [-0.39, 0.29) is 9.49 Å². The van der Waals surface area contributed by atoms with Gasteiger partial charge in [-0.15, -0.1) is 20.4 Å². The van der Waals surface area contributed by atoms with Crippen molar-refractivity contribution in [2.45, 2.75) is 68.4 Å². The lowest BCUT2D eigenvalue weighted by Crippen LogP contribution is -2.06. The topological polar surface area (TPSA) is 51.6 Å². The number of aromatic nitrogens is 4. The van der Waals surface area contributed by atoms with Crippen LogP contribution in [0.2, 0.25) is 0 Å². The molecule has 2 aromatic heterocycles. The largest absolute Gasteiger partial charge is 0.186 e. The van der Waals surface area contributed by atoms with Gasteiger partial charge in [0.1, 0.15) is 0 Å². The Hall–Kier alpha value is 0.520. The lowest BCUT2D eigenvalue weighted by molar-refractivity contribution is 0.798. The van der Waals surface area contributed by atoms with Crippen LogP contribution in [0.3, 0.4) is 0 Å². The zero-order valence-corrected chi connectivity index (χ0v) is 18.1. The van der Waals surface area contributed by atoms with Gasteiger partial charge < -0.3 is 0 Å². The van der Waals surface area contributed by atoms with E-state index >= 15 is 0 Å². The second-order valence-electron chi connectivity index (χ2n) is 6.26. The van der Waals surface area contributed by atoms with Crippen molar-refractivity contribution in [1.29, 1.82) is 0 Å². The van der Waals surface area contributed by atoms with E-state index in [1.807, 2.05) is 0 Å². The van der Waals surface area contributed by atoms with Crippen LogP contribution in [0.15, 0.2) is 17.4 Å². The smallest absolute Gasteiger partial charge is 0.131 e. The van der Waals surface area contributed by atoms with Gasteiger partial charge in [-0.05, 0) is 21.6 Å². The van der Waals surface area contributed by atoms with Crippen LogP contribution in [0.5, 0.6) is 0 Å². The molecule has 2 rings (SSSR count). The van der Waals surface area contributed by atoms with Crippen LogP contribution in [-0.4, -0.2) is 29.9 Å². The maximum absolute atomic E-state index is 4.23. The highest BCUT2D eigenvalue weighted by molar-refractivity contribution is 8.77. The molecule has 0 aliphatic heterocycles. The summed E-state index contributed by atoms with van der Waals surface area (Å²) in [5, 5.41) is 16.9. The first kappa shape index (κ1) is 18.9. The summed E-state index contributed by atoms with van der Waals surface area (Å²) in [5.41, 5.74) is 0. The Morgan fingerprint density at radius 1 is 0.591 bits per heavy atom. The fourth-order valence-electron chi connectivity index (χ4n) is 1.14. The van der Waals surface area contributed by atoms with Gasteiger partial charge in [-0.25, -0.2) is 0 Å². The van der Waals surface area contributed by atoms with Crippen LogP contribution in [0, 0.1) is 0 Å². The quantitative estimate of drug-likeness (QED) is 0.441. The van der Waals surface area contributed by atoms with Gasteiger partial charge in [0.25, 0.3) is 0 Å². The Morgan fingerprint density at radius 3 is 1.23 bits per heavy atom. The summed E-state index contributed by atoms with van der Waals surface area (Å²) in [6.07, 6.45) is 0. The molecule has 0 atom stereocenters. The molecule has 0 fully saturated rings. The highest BCUT2D eigenvalue weighted by Gasteiger charge is 2.18. The Balaban J connectivity index is 1.88. The summed E-state index contributed by atoms with van der Waals surface area (Å²) >= 11 is 6.75. The minimum Gasteiger partial charge on any atom is -0.131 e. The third-order valence-corrected chi connectivity index (χ3v) is 8.87. The van der Waals surface area contributed by atoms with Crippen molar-refractivity contribution in [3.05, 3.63) is 0 Å². The van der Waals surface area contributed by atoms with E-state index in [0.29, 0.717) is 0 Å². The molecular formula is C12H18N4S6. The first-order valence-corrected chi connectivity index (χ1v) is 11.9. The highest BCUT2D eigenvalue weighted by atomic mass is 33.1. The third kappa shape index (κ3) is 6.96. The molecule has 0 amide bonds. The van der Waals surface area contributed by atoms with Gasteiger partial charge in [0.05, 0.1) is 0 Å². The van der Waals surface area contributed by atoms with Crippen LogP contribution in [0.1, 0.15) is 41.5 Å². The molecule has 0 aliphatic carbocycles. The van der Waals surface area contributed by atoms with E-state index in [1.165, 1.54) is 0 Å². The van der Waals surface area contributed by atoms with Crippen molar-refractivity contribution >= 4 is 67.8 Å². The number of hydrogen-bond donors (Lipinski definition) is 0. The predicted molar refractivity (Wildman–Crippen MR) is 103 cm³/mol. The van der Waals surface area contributed by atoms with Gasteiger partial charge in [0.15, 0.2) is 17.4 Å². The Labute approximate surface area is 155 Å². The van der Waals surface area contributed by atoms with E-state index in [4.69, 9.17) is 0 Å². The van der Waals surface area contributed by atoms with Gasteiger partial charge in [-0.2, -0.15) is 0 Å². The second-order valence-corrected chi connectivity index (χ2v) is 15.0. The molecule has 122 valence electrons. The monoisotopic (exact) mass is 410 g/mol. The van der Waals surface area contributed by atoms with E-state index in [2.05, 4.69) is 61.9 Å². The van der Waals surface area contributed by atoms with Crippen LogP contribution in [0.4, 0.5) is 0 Å². The van der Waals surface area contributed by atoms with Crippen LogP contribution < -0.4 is 0 Å². The van der Waals surface area contributed by atoms with Crippen LogP contribution >= 0.6 is 67.8 Å². The van der Waals surface area contributed by atoms with Crippen LogP contribution in [0.25, 0.3) is 0 Å². The van der Waals surface area contributed by atoms with Gasteiger partial charge in [-0.3, -0.25) is 0 Å². The summed E-state index contributed by atoms with van der Waals surface area (Å²) in [6, 6.07) is 0. The maximum atomic E-state index is 4.23. The van der Waals surface area contributed by atoms with E-state index < -0.39 is 0 Å². The van der Waals surface area contributed by atoms with Crippen molar-refractivity contribution in [1.82, 2.24) is 20.4 Å². The molecule has 0 unspecified atom stereocenters. The molecule has 10 heteroatoms. The molecule has 4 nitrogen and oxygen atoms in total. The Bertz CT molecular complexity index is 555. The molecule has 0 saturated carbocycles. The molecule has 0 bridgehead atoms. The zero-order chi connectivity index (χ0) is 16.4. The minimum absolute atomic E-state index is 0.160. The lowest BCUT2D eigenvalue weighted by atomic mass is 10.3. The average molecular weight is 411 g/mol. The Kier molecular flexibility index (Phi) is 6.52. The zero-order valence-electron chi connectivity index (χ0n) is 13.2.